The van der Waals surface area contributed by atoms with Crippen molar-refractivity contribution in [3.05, 3.63) is 194 Å². The molecule has 0 saturated heterocycles. The van der Waals surface area contributed by atoms with Gasteiger partial charge in [0.2, 0.25) is 5.95 Å². The number of benzene rings is 8. The molecule has 0 bridgehead atoms. The monoisotopic (exact) mass is 744 g/mol. The molecule has 4 nitrogen and oxygen atoms in total. The van der Waals surface area contributed by atoms with Gasteiger partial charge in [-0.05, 0) is 65.7 Å². The number of hydrogen-bond acceptors (Lipinski definition) is 3. The van der Waals surface area contributed by atoms with Crippen LogP contribution >= 0.6 is 11.3 Å². The second kappa shape index (κ2) is 12.6. The molecule has 0 aliphatic rings. The van der Waals surface area contributed by atoms with Crippen molar-refractivity contribution >= 4 is 75.1 Å². The van der Waals surface area contributed by atoms with E-state index >= 15 is 0 Å². The van der Waals surface area contributed by atoms with Crippen LogP contribution in [0.15, 0.2) is 194 Å². The summed E-state index contributed by atoms with van der Waals surface area (Å²) in [5.74, 6) is 0.653. The number of fused-ring (bicyclic) bond motifs is 11. The summed E-state index contributed by atoms with van der Waals surface area (Å²) in [6, 6.07) is 69.3. The zero-order valence-corrected chi connectivity index (χ0v) is 31.5. The number of thiophene rings is 1. The SMILES string of the molecule is c1ccc(-c2cccc(-n3c4ccccc4c4c5c(ccc43)sc3ccc4c(c6ccccc6n4-c4nc(-c6ccccc6)cc(-c6ccccc6)n4)c35)c2)cc1. The van der Waals surface area contributed by atoms with E-state index in [9.17, 15) is 0 Å². The highest BCUT2D eigenvalue weighted by atomic mass is 32.1. The van der Waals surface area contributed by atoms with E-state index in [1.54, 1.807) is 0 Å². The standard InChI is InChI=1S/C52H32N4S/c1-4-15-33(16-5-1)36-21-14-22-37(31-36)55-42-25-12-10-23-38(42)48-44(55)27-29-46-50(48)51-47(57-46)30-28-45-49(51)39-24-11-13-26-43(39)56(45)52-53-40(34-17-6-2-7-18-34)32-41(54-52)35-19-8-3-9-20-35/h1-32H. The molecule has 12 aromatic rings. The summed E-state index contributed by atoms with van der Waals surface area (Å²) < 4.78 is 7.25. The molecule has 57 heavy (non-hydrogen) atoms. The van der Waals surface area contributed by atoms with Gasteiger partial charge in [-0.25, -0.2) is 9.97 Å². The van der Waals surface area contributed by atoms with Crippen LogP contribution in [-0.2, 0) is 0 Å². The highest BCUT2D eigenvalue weighted by Gasteiger charge is 2.23. The molecule has 4 heterocycles. The van der Waals surface area contributed by atoms with Crippen LogP contribution in [0.4, 0.5) is 0 Å². The van der Waals surface area contributed by atoms with E-state index in [0.717, 1.165) is 39.2 Å². The average molecular weight is 745 g/mol. The van der Waals surface area contributed by atoms with E-state index in [0.29, 0.717) is 5.95 Å². The predicted octanol–water partition coefficient (Wildman–Crippen LogP) is 14.0. The fourth-order valence-corrected chi connectivity index (χ4v) is 9.99. The topological polar surface area (TPSA) is 35.6 Å². The highest BCUT2D eigenvalue weighted by Crippen LogP contribution is 2.48. The van der Waals surface area contributed by atoms with Gasteiger partial charge >= 0.3 is 0 Å². The van der Waals surface area contributed by atoms with Crippen molar-refractivity contribution in [3.63, 3.8) is 0 Å². The number of aromatic nitrogens is 4. The normalized spacial score (nSPS) is 11.9. The maximum absolute atomic E-state index is 5.31. The van der Waals surface area contributed by atoms with Crippen LogP contribution < -0.4 is 0 Å². The second-order valence-electron chi connectivity index (χ2n) is 14.6. The van der Waals surface area contributed by atoms with Crippen LogP contribution in [0, 0.1) is 0 Å². The first-order valence-corrected chi connectivity index (χ1v) is 20.1. The molecule has 0 radical (unpaired) electrons. The summed E-state index contributed by atoms with van der Waals surface area (Å²) in [5.41, 5.74) is 12.0. The molecule has 8 aromatic carbocycles. The first-order valence-electron chi connectivity index (χ1n) is 19.3. The van der Waals surface area contributed by atoms with Crippen LogP contribution in [0.1, 0.15) is 0 Å². The average Bonchev–Trinajstić information content (AvgIpc) is 3.95. The van der Waals surface area contributed by atoms with Gasteiger partial charge in [0.05, 0.1) is 33.5 Å². The Bertz CT molecular complexity index is 3450. The molecular weight excluding hydrogens is 713 g/mol. The molecule has 0 fully saturated rings. The molecule has 0 saturated carbocycles. The summed E-state index contributed by atoms with van der Waals surface area (Å²) in [7, 11) is 0. The third-order valence-electron chi connectivity index (χ3n) is 11.3. The van der Waals surface area contributed by atoms with E-state index in [2.05, 4.69) is 191 Å². The molecule has 12 rings (SSSR count). The van der Waals surface area contributed by atoms with Crippen molar-refractivity contribution < 1.29 is 0 Å². The molecule has 0 unspecified atom stereocenters. The van der Waals surface area contributed by atoms with Gasteiger partial charge in [0.25, 0.3) is 0 Å². The maximum atomic E-state index is 5.31. The van der Waals surface area contributed by atoms with Crippen molar-refractivity contribution in [2.45, 2.75) is 0 Å². The first-order chi connectivity index (χ1) is 28.3. The van der Waals surface area contributed by atoms with E-state index in [1.807, 2.05) is 23.5 Å². The van der Waals surface area contributed by atoms with E-state index in [4.69, 9.17) is 9.97 Å². The minimum Gasteiger partial charge on any atom is -0.309 e. The van der Waals surface area contributed by atoms with Gasteiger partial charge in [0.1, 0.15) is 0 Å². The lowest BCUT2D eigenvalue weighted by Crippen LogP contribution is -2.03. The summed E-state index contributed by atoms with van der Waals surface area (Å²) in [5, 5.41) is 7.49. The van der Waals surface area contributed by atoms with Crippen molar-refractivity contribution in [2.75, 3.05) is 0 Å². The predicted molar refractivity (Wildman–Crippen MR) is 240 cm³/mol. The van der Waals surface area contributed by atoms with Crippen molar-refractivity contribution in [1.29, 1.82) is 0 Å². The number of para-hydroxylation sites is 2. The molecule has 0 atom stereocenters. The Labute approximate surface area is 332 Å². The lowest BCUT2D eigenvalue weighted by atomic mass is 10.0. The Balaban J connectivity index is 1.18. The first kappa shape index (κ1) is 32.0. The lowest BCUT2D eigenvalue weighted by Gasteiger charge is -2.11. The molecule has 0 aliphatic carbocycles. The molecule has 0 N–H and O–H groups in total. The van der Waals surface area contributed by atoms with Gasteiger partial charge in [-0.1, -0.05) is 140 Å². The quantitative estimate of drug-likeness (QED) is 0.176. The zero-order valence-electron chi connectivity index (χ0n) is 30.7. The second-order valence-corrected chi connectivity index (χ2v) is 15.6. The summed E-state index contributed by atoms with van der Waals surface area (Å²) >= 11 is 1.87. The summed E-state index contributed by atoms with van der Waals surface area (Å²) in [6.07, 6.45) is 0. The van der Waals surface area contributed by atoms with Crippen LogP contribution in [0.25, 0.3) is 109 Å². The molecule has 0 spiro atoms. The molecular formula is C52H32N4S. The number of rotatable bonds is 5. The van der Waals surface area contributed by atoms with E-state index < -0.39 is 0 Å². The summed E-state index contributed by atoms with van der Waals surface area (Å²) in [4.78, 5) is 10.6. The van der Waals surface area contributed by atoms with E-state index in [-0.39, 0.29) is 0 Å². The van der Waals surface area contributed by atoms with Gasteiger partial charge in [-0.2, -0.15) is 0 Å². The Morgan fingerprint density at radius 3 is 1.39 bits per heavy atom. The highest BCUT2D eigenvalue weighted by molar-refractivity contribution is 7.26. The minimum absolute atomic E-state index is 0.653. The third kappa shape index (κ3) is 4.93. The lowest BCUT2D eigenvalue weighted by molar-refractivity contribution is 0.996. The van der Waals surface area contributed by atoms with Gasteiger partial charge in [-0.15, -0.1) is 11.3 Å². The van der Waals surface area contributed by atoms with Gasteiger partial charge in [0.15, 0.2) is 0 Å². The van der Waals surface area contributed by atoms with Crippen molar-refractivity contribution in [2.24, 2.45) is 0 Å². The van der Waals surface area contributed by atoms with Crippen molar-refractivity contribution in [3.8, 4) is 45.3 Å². The van der Waals surface area contributed by atoms with E-state index in [1.165, 1.54) is 63.9 Å². The van der Waals surface area contributed by atoms with Crippen LogP contribution in [0.2, 0.25) is 0 Å². The molecule has 4 aromatic heterocycles. The number of hydrogen-bond donors (Lipinski definition) is 0. The molecule has 0 aliphatic heterocycles. The van der Waals surface area contributed by atoms with Crippen LogP contribution in [0.3, 0.4) is 0 Å². The Kier molecular flexibility index (Phi) is 7.06. The van der Waals surface area contributed by atoms with Gasteiger partial charge in [-0.3, -0.25) is 4.57 Å². The fourth-order valence-electron chi connectivity index (χ4n) is 8.86. The minimum atomic E-state index is 0.653. The zero-order chi connectivity index (χ0) is 37.5. The number of nitrogens with zero attached hydrogens (tertiary/aromatic N) is 4. The fraction of sp³-hybridized carbons (Fsp3) is 0. The Morgan fingerprint density at radius 2 is 0.807 bits per heavy atom. The molecule has 5 heteroatoms. The largest absolute Gasteiger partial charge is 0.309 e. The van der Waals surface area contributed by atoms with Crippen molar-refractivity contribution in [1.82, 2.24) is 19.1 Å². The summed E-state index contributed by atoms with van der Waals surface area (Å²) in [6.45, 7) is 0. The van der Waals surface area contributed by atoms with Crippen LogP contribution in [-0.4, -0.2) is 19.1 Å². The Hall–Kier alpha value is -7.34. The molecule has 0 amide bonds. The molecule has 266 valence electrons. The Morgan fingerprint density at radius 1 is 0.333 bits per heavy atom. The maximum Gasteiger partial charge on any atom is 0.235 e. The third-order valence-corrected chi connectivity index (χ3v) is 12.5. The smallest absolute Gasteiger partial charge is 0.235 e. The van der Waals surface area contributed by atoms with Gasteiger partial charge < -0.3 is 4.57 Å². The van der Waals surface area contributed by atoms with Crippen LogP contribution in [0.5, 0.6) is 0 Å². The van der Waals surface area contributed by atoms with Gasteiger partial charge in [0, 0.05) is 58.5 Å².